The van der Waals surface area contributed by atoms with Gasteiger partial charge in [0.1, 0.15) is 11.6 Å². The molecule has 3 saturated carbocycles. The molecule has 10 nitrogen and oxygen atoms in total. The number of fused-ring (bicyclic) bond motifs is 5. The van der Waals surface area contributed by atoms with Gasteiger partial charge < -0.3 is 25.0 Å². The van der Waals surface area contributed by atoms with Gasteiger partial charge in [-0.1, -0.05) is 24.6 Å². The van der Waals surface area contributed by atoms with Gasteiger partial charge in [0, 0.05) is 23.7 Å². The SMILES string of the molecule is COC(=O)[C@H](Cc1cnc[nH]1)NC(=O)CON=C1C=C2CC[C@H]3[C@H](CC[C@@]4(C)[C@H]3CC[C@]4(O)C(C)=O)[C@@]2(C)CC1. The van der Waals surface area contributed by atoms with Crippen LogP contribution in [0.3, 0.4) is 0 Å². The largest absolute Gasteiger partial charge is 0.467 e. The van der Waals surface area contributed by atoms with E-state index in [2.05, 4.69) is 40.4 Å². The number of nitrogens with one attached hydrogen (secondary N) is 2. The molecule has 1 amide bonds. The normalized spacial score (nSPS) is 36.5. The average molecular weight is 555 g/mol. The maximum absolute atomic E-state index is 12.5. The number of allylic oxidation sites excluding steroid dienone is 2. The average Bonchev–Trinajstić information content (AvgIpc) is 3.54. The molecule has 0 aliphatic heterocycles. The van der Waals surface area contributed by atoms with Gasteiger partial charge in [0.15, 0.2) is 12.4 Å². The minimum atomic E-state index is -1.19. The number of methoxy groups -OCH3 is 1. The Morgan fingerprint density at radius 1 is 1.18 bits per heavy atom. The summed E-state index contributed by atoms with van der Waals surface area (Å²) < 4.78 is 4.82. The van der Waals surface area contributed by atoms with Crippen LogP contribution in [0.25, 0.3) is 0 Å². The molecule has 7 atom stereocenters. The molecule has 0 unspecified atom stereocenters. The molecule has 5 rings (SSSR count). The zero-order valence-electron chi connectivity index (χ0n) is 24.0. The van der Waals surface area contributed by atoms with Crippen LogP contribution in [0.4, 0.5) is 0 Å². The van der Waals surface area contributed by atoms with Gasteiger partial charge in [0.05, 0.1) is 19.1 Å². The standard InChI is InChI=1S/C30H42N4O6/c1-18(35)30(38)12-9-24-22-6-5-19-13-20(7-10-28(19,2)23(22)8-11-29(24,30)3)34-40-16-26(36)33-25(27(37)39-4)14-21-15-31-17-32-21/h13,15,17,22-25,38H,5-12,14,16H2,1-4H3,(H,31,32)(H,33,36)/t22-,23-,24-,25-,28-,29-,30-/m0/s1. The van der Waals surface area contributed by atoms with E-state index in [9.17, 15) is 19.5 Å². The number of rotatable bonds is 8. The quantitative estimate of drug-likeness (QED) is 0.331. The predicted molar refractivity (Wildman–Crippen MR) is 147 cm³/mol. The molecule has 1 aromatic rings. The summed E-state index contributed by atoms with van der Waals surface area (Å²) in [5.74, 6) is 0.325. The number of nitrogens with zero attached hydrogens (tertiary/aromatic N) is 2. The van der Waals surface area contributed by atoms with Gasteiger partial charge in [-0.05, 0) is 87.5 Å². The molecule has 0 aromatic carbocycles. The van der Waals surface area contributed by atoms with Gasteiger partial charge in [0.25, 0.3) is 5.91 Å². The van der Waals surface area contributed by atoms with E-state index in [0.29, 0.717) is 29.9 Å². The first-order valence-corrected chi connectivity index (χ1v) is 14.5. The van der Waals surface area contributed by atoms with Gasteiger partial charge in [-0.15, -0.1) is 0 Å². The van der Waals surface area contributed by atoms with Crippen LogP contribution in [0.2, 0.25) is 0 Å². The minimum Gasteiger partial charge on any atom is -0.467 e. The first-order chi connectivity index (χ1) is 19.0. The van der Waals surface area contributed by atoms with E-state index in [-0.39, 0.29) is 29.6 Å². The maximum Gasteiger partial charge on any atom is 0.328 e. The Morgan fingerprint density at radius 2 is 1.95 bits per heavy atom. The van der Waals surface area contributed by atoms with Gasteiger partial charge in [0.2, 0.25) is 0 Å². The smallest absolute Gasteiger partial charge is 0.328 e. The number of hydrogen-bond acceptors (Lipinski definition) is 8. The molecule has 0 saturated heterocycles. The Morgan fingerprint density at radius 3 is 2.65 bits per heavy atom. The number of imidazole rings is 1. The third-order valence-electron chi connectivity index (χ3n) is 10.9. The number of ether oxygens (including phenoxy) is 1. The minimum absolute atomic E-state index is 0.0674. The summed E-state index contributed by atoms with van der Waals surface area (Å²) in [6.07, 6.45) is 12.6. The molecule has 1 aromatic heterocycles. The molecular weight excluding hydrogens is 512 g/mol. The molecule has 0 spiro atoms. The van der Waals surface area contributed by atoms with Crippen molar-refractivity contribution in [3.8, 4) is 0 Å². The van der Waals surface area contributed by atoms with E-state index < -0.39 is 23.5 Å². The van der Waals surface area contributed by atoms with Crippen LogP contribution in [0.1, 0.15) is 77.8 Å². The number of ketones is 1. The number of carbonyl (C=O) groups excluding carboxylic acids is 3. The lowest BCUT2D eigenvalue weighted by Crippen LogP contribution is -2.57. The summed E-state index contributed by atoms with van der Waals surface area (Å²) >= 11 is 0. The predicted octanol–water partition coefficient (Wildman–Crippen LogP) is 3.27. The second-order valence-corrected chi connectivity index (χ2v) is 12.7. The lowest BCUT2D eigenvalue weighted by atomic mass is 9.46. The van der Waals surface area contributed by atoms with Crippen molar-refractivity contribution >= 4 is 23.4 Å². The van der Waals surface area contributed by atoms with Crippen molar-refractivity contribution in [1.82, 2.24) is 15.3 Å². The van der Waals surface area contributed by atoms with Crippen molar-refractivity contribution in [3.63, 3.8) is 0 Å². The highest BCUT2D eigenvalue weighted by Crippen LogP contribution is 2.67. The highest BCUT2D eigenvalue weighted by Gasteiger charge is 2.65. The number of Topliss-reactive ketones (excluding diaryl/α,β-unsaturated/α-hetero) is 1. The third-order valence-corrected chi connectivity index (χ3v) is 10.9. The van der Waals surface area contributed by atoms with Crippen LogP contribution in [-0.4, -0.2) is 63.8 Å². The summed E-state index contributed by atoms with van der Waals surface area (Å²) in [4.78, 5) is 49.4. The van der Waals surface area contributed by atoms with Gasteiger partial charge in [-0.25, -0.2) is 9.78 Å². The molecule has 3 N–H and O–H groups in total. The Hall–Kier alpha value is -3.01. The summed E-state index contributed by atoms with van der Waals surface area (Å²) in [7, 11) is 1.28. The number of carbonyl (C=O) groups is 3. The van der Waals surface area contributed by atoms with E-state index in [4.69, 9.17) is 9.57 Å². The van der Waals surface area contributed by atoms with Gasteiger partial charge >= 0.3 is 5.97 Å². The van der Waals surface area contributed by atoms with Crippen LogP contribution in [0, 0.1) is 28.6 Å². The van der Waals surface area contributed by atoms with Crippen LogP contribution in [-0.2, 0) is 30.4 Å². The highest BCUT2D eigenvalue weighted by atomic mass is 16.6. The van der Waals surface area contributed by atoms with Gasteiger partial charge in [-0.2, -0.15) is 0 Å². The number of hydrogen-bond donors (Lipinski definition) is 3. The van der Waals surface area contributed by atoms with E-state index in [1.165, 1.54) is 19.0 Å². The zero-order chi connectivity index (χ0) is 28.7. The summed E-state index contributed by atoms with van der Waals surface area (Å²) in [5, 5.41) is 18.3. The molecule has 218 valence electrons. The third kappa shape index (κ3) is 4.78. The Kier molecular flexibility index (Phi) is 7.67. The van der Waals surface area contributed by atoms with Crippen molar-refractivity contribution in [2.45, 2.75) is 90.2 Å². The van der Waals surface area contributed by atoms with Crippen LogP contribution >= 0.6 is 0 Å². The molecule has 3 fully saturated rings. The van der Waals surface area contributed by atoms with Crippen molar-refractivity contribution in [1.29, 1.82) is 0 Å². The van der Waals surface area contributed by atoms with Crippen LogP contribution in [0.15, 0.2) is 29.3 Å². The number of aromatic nitrogens is 2. The molecule has 4 aliphatic carbocycles. The second kappa shape index (κ2) is 10.8. The monoisotopic (exact) mass is 554 g/mol. The number of esters is 1. The molecular formula is C30H42N4O6. The summed E-state index contributed by atoms with van der Waals surface area (Å²) in [6, 6.07) is -0.856. The fourth-order valence-electron chi connectivity index (χ4n) is 8.60. The molecule has 4 aliphatic rings. The van der Waals surface area contributed by atoms with Crippen LogP contribution < -0.4 is 5.32 Å². The molecule has 0 radical (unpaired) electrons. The molecule has 10 heteroatoms. The molecule has 40 heavy (non-hydrogen) atoms. The number of aliphatic hydroxyl groups is 1. The first-order valence-electron chi connectivity index (χ1n) is 14.5. The topological polar surface area (TPSA) is 143 Å². The Bertz CT molecular complexity index is 1210. The fraction of sp³-hybridized carbons (Fsp3) is 0.700. The van der Waals surface area contributed by atoms with Gasteiger partial charge in [-0.3, -0.25) is 9.59 Å². The highest BCUT2D eigenvalue weighted by molar-refractivity contribution is 5.96. The second-order valence-electron chi connectivity index (χ2n) is 12.7. The summed E-state index contributed by atoms with van der Waals surface area (Å²) in [6.45, 7) is 5.78. The van der Waals surface area contributed by atoms with E-state index in [0.717, 1.165) is 50.7 Å². The van der Waals surface area contributed by atoms with E-state index in [1.807, 2.05) is 0 Å². The number of aromatic amines is 1. The number of H-pyrrole nitrogens is 1. The molecule has 0 bridgehead atoms. The lowest BCUT2D eigenvalue weighted by Gasteiger charge is -2.59. The fourth-order valence-corrected chi connectivity index (χ4v) is 8.60. The Labute approximate surface area is 235 Å². The van der Waals surface area contributed by atoms with E-state index >= 15 is 0 Å². The van der Waals surface area contributed by atoms with Crippen molar-refractivity contribution in [3.05, 3.63) is 29.9 Å². The Balaban J connectivity index is 1.21. The van der Waals surface area contributed by atoms with Crippen molar-refractivity contribution < 1.29 is 29.1 Å². The number of amides is 1. The van der Waals surface area contributed by atoms with Crippen molar-refractivity contribution in [2.24, 2.45) is 33.7 Å². The summed E-state index contributed by atoms with van der Waals surface area (Å²) in [5.41, 5.74) is 1.46. The lowest BCUT2D eigenvalue weighted by molar-refractivity contribution is -0.159. The van der Waals surface area contributed by atoms with E-state index in [1.54, 1.807) is 13.1 Å². The first kappa shape index (κ1) is 28.5. The van der Waals surface area contributed by atoms with Crippen LogP contribution in [0.5, 0.6) is 0 Å². The molecule has 1 heterocycles. The van der Waals surface area contributed by atoms with Crippen molar-refractivity contribution in [2.75, 3.05) is 13.7 Å². The number of oxime groups is 1. The maximum atomic E-state index is 12.5. The zero-order valence-corrected chi connectivity index (χ0v) is 24.0.